The summed E-state index contributed by atoms with van der Waals surface area (Å²) in [7, 11) is 0. The molecule has 0 spiro atoms. The first-order valence-electron chi connectivity index (χ1n) is 12.4. The number of esters is 2. The maximum atomic E-state index is 12.4. The van der Waals surface area contributed by atoms with E-state index < -0.39 is 11.9 Å². The molecule has 0 saturated heterocycles. The van der Waals surface area contributed by atoms with Crippen LogP contribution in [0.15, 0.2) is 85.0 Å². The second-order valence-corrected chi connectivity index (χ2v) is 9.32. The molecule has 0 atom stereocenters. The van der Waals surface area contributed by atoms with Gasteiger partial charge in [-0.1, -0.05) is 61.7 Å². The lowest BCUT2D eigenvalue weighted by Crippen LogP contribution is -2.09. The van der Waals surface area contributed by atoms with Crippen LogP contribution < -0.4 is 14.2 Å². The fraction of sp³-hybridized carbons (Fsp3) is 0.188. The highest BCUT2D eigenvalue weighted by Gasteiger charge is 2.25. The molecule has 4 aromatic rings. The van der Waals surface area contributed by atoms with E-state index in [0.717, 1.165) is 38.2 Å². The van der Waals surface area contributed by atoms with Crippen molar-refractivity contribution >= 4 is 33.5 Å². The molecule has 6 heteroatoms. The van der Waals surface area contributed by atoms with Crippen molar-refractivity contribution in [1.29, 1.82) is 0 Å². The fourth-order valence-electron chi connectivity index (χ4n) is 4.56. The van der Waals surface area contributed by atoms with Gasteiger partial charge in [0.1, 0.15) is 23.9 Å². The number of rotatable bonds is 5. The van der Waals surface area contributed by atoms with E-state index in [9.17, 15) is 9.59 Å². The molecule has 5 rings (SSSR count). The monoisotopic (exact) mass is 508 g/mol. The van der Waals surface area contributed by atoms with Crippen molar-refractivity contribution in [1.82, 2.24) is 0 Å². The highest BCUT2D eigenvalue weighted by molar-refractivity contribution is 6.12. The van der Waals surface area contributed by atoms with Gasteiger partial charge in [-0.25, -0.2) is 9.59 Å². The fourth-order valence-corrected chi connectivity index (χ4v) is 4.56. The molecule has 6 nitrogen and oxygen atoms in total. The van der Waals surface area contributed by atoms with Crippen LogP contribution >= 0.6 is 0 Å². The van der Waals surface area contributed by atoms with Crippen LogP contribution in [0.3, 0.4) is 0 Å². The number of hydrogen-bond acceptors (Lipinski definition) is 6. The molecule has 1 aliphatic rings. The first-order chi connectivity index (χ1) is 18.3. The molecule has 0 fully saturated rings. The van der Waals surface area contributed by atoms with Crippen molar-refractivity contribution < 1.29 is 28.5 Å². The van der Waals surface area contributed by atoms with Gasteiger partial charge in [0.25, 0.3) is 0 Å². The number of benzene rings is 4. The third-order valence-corrected chi connectivity index (χ3v) is 6.38. The number of hydrogen-bond donors (Lipinski definition) is 0. The van der Waals surface area contributed by atoms with Crippen LogP contribution in [0.25, 0.3) is 32.7 Å². The highest BCUT2D eigenvalue weighted by Crippen LogP contribution is 2.49. The van der Waals surface area contributed by atoms with Gasteiger partial charge in [0.15, 0.2) is 0 Å². The molecule has 192 valence electrons. The van der Waals surface area contributed by atoms with Crippen LogP contribution in [0, 0.1) is 0 Å². The van der Waals surface area contributed by atoms with Crippen molar-refractivity contribution in [3.05, 3.63) is 90.5 Å². The predicted molar refractivity (Wildman–Crippen MR) is 148 cm³/mol. The van der Waals surface area contributed by atoms with Crippen molar-refractivity contribution in [2.75, 3.05) is 13.2 Å². The molecular weight excluding hydrogens is 480 g/mol. The normalized spacial score (nSPS) is 12.6. The Kier molecular flexibility index (Phi) is 6.88. The Morgan fingerprint density at radius 2 is 1.29 bits per heavy atom. The van der Waals surface area contributed by atoms with E-state index in [1.54, 1.807) is 19.9 Å². The zero-order valence-corrected chi connectivity index (χ0v) is 21.5. The van der Waals surface area contributed by atoms with Gasteiger partial charge in [-0.05, 0) is 36.1 Å². The van der Waals surface area contributed by atoms with E-state index >= 15 is 0 Å². The van der Waals surface area contributed by atoms with E-state index in [1.807, 2.05) is 54.6 Å². The van der Waals surface area contributed by atoms with Crippen molar-refractivity contribution in [2.24, 2.45) is 0 Å². The average molecular weight is 509 g/mol. The Morgan fingerprint density at radius 3 is 1.89 bits per heavy atom. The summed E-state index contributed by atoms with van der Waals surface area (Å²) in [6.07, 6.45) is 0.652. The van der Waals surface area contributed by atoms with E-state index in [1.165, 1.54) is 0 Å². The summed E-state index contributed by atoms with van der Waals surface area (Å²) in [5.41, 5.74) is 3.18. The van der Waals surface area contributed by atoms with Gasteiger partial charge >= 0.3 is 11.9 Å². The first-order valence-corrected chi connectivity index (χ1v) is 12.4. The SMILES string of the molecule is C=C(C)C(=O)OCc1cc2c(c3ccccc13)-c1c(cc(OC(=O)C(=C)C)c3ccccc13)OCCCO2. The topological polar surface area (TPSA) is 71.1 Å². The van der Waals surface area contributed by atoms with E-state index in [4.69, 9.17) is 18.9 Å². The maximum Gasteiger partial charge on any atom is 0.338 e. The van der Waals surface area contributed by atoms with Gasteiger partial charge in [-0.3, -0.25) is 0 Å². The molecule has 0 bridgehead atoms. The molecule has 1 heterocycles. The van der Waals surface area contributed by atoms with Crippen LogP contribution in [0.2, 0.25) is 0 Å². The third kappa shape index (κ3) is 4.73. The summed E-state index contributed by atoms with van der Waals surface area (Å²) in [5, 5.41) is 3.47. The largest absolute Gasteiger partial charge is 0.493 e. The smallest absolute Gasteiger partial charge is 0.338 e. The van der Waals surface area contributed by atoms with Gasteiger partial charge in [-0.15, -0.1) is 0 Å². The number of ether oxygens (including phenoxy) is 4. The standard InChI is InChI=1S/C32H28O6/c1-19(2)31(33)37-18-21-16-27-29(24-12-7-5-10-22(21)24)30-25-13-8-6-11-23(25)26(38-32(34)20(3)4)17-28(30)36-15-9-14-35-27/h5-8,10-13,16-17H,1,3,9,14-15,18H2,2,4H3. The van der Waals surface area contributed by atoms with Crippen molar-refractivity contribution in [3.8, 4) is 28.4 Å². The Labute approximate surface area is 221 Å². The van der Waals surface area contributed by atoms with Crippen LogP contribution in [0.5, 0.6) is 17.2 Å². The Hall–Kier alpha value is -4.58. The molecule has 0 saturated carbocycles. The molecule has 0 amide bonds. The van der Waals surface area contributed by atoms with E-state index in [-0.39, 0.29) is 6.61 Å². The predicted octanol–water partition coefficient (Wildman–Crippen LogP) is 6.92. The number of carbonyl (C=O) groups excluding carboxylic acids is 2. The van der Waals surface area contributed by atoms with Crippen molar-refractivity contribution in [3.63, 3.8) is 0 Å². The molecule has 1 aliphatic heterocycles. The average Bonchev–Trinajstić information content (AvgIpc) is 3.00. The Bertz CT molecular complexity index is 1610. The lowest BCUT2D eigenvalue weighted by molar-refractivity contribution is -0.140. The summed E-state index contributed by atoms with van der Waals surface area (Å²) in [6.45, 7) is 11.6. The molecule has 0 N–H and O–H groups in total. The van der Waals surface area contributed by atoms with Gasteiger partial charge < -0.3 is 18.9 Å². The molecule has 0 aliphatic carbocycles. The Morgan fingerprint density at radius 1 is 0.763 bits per heavy atom. The van der Waals surface area contributed by atoms with Gasteiger partial charge in [0.05, 0.1) is 13.2 Å². The third-order valence-electron chi connectivity index (χ3n) is 6.38. The first kappa shape index (κ1) is 25.1. The number of fused-ring (bicyclic) bond motifs is 7. The van der Waals surface area contributed by atoms with Crippen LogP contribution in [-0.2, 0) is 20.9 Å². The van der Waals surface area contributed by atoms with Gasteiger partial charge in [0.2, 0.25) is 0 Å². The summed E-state index contributed by atoms with van der Waals surface area (Å²) in [4.78, 5) is 24.6. The number of carbonyl (C=O) groups is 2. The lowest BCUT2D eigenvalue weighted by Gasteiger charge is -2.21. The van der Waals surface area contributed by atoms with E-state index in [2.05, 4.69) is 13.2 Å². The van der Waals surface area contributed by atoms with Crippen LogP contribution in [0.4, 0.5) is 0 Å². The molecular formula is C32H28O6. The van der Waals surface area contributed by atoms with Gasteiger partial charge in [0, 0.05) is 45.7 Å². The summed E-state index contributed by atoms with van der Waals surface area (Å²) < 4.78 is 23.8. The molecule has 0 unspecified atom stereocenters. The Balaban J connectivity index is 1.78. The second-order valence-electron chi connectivity index (χ2n) is 9.32. The quantitative estimate of drug-likeness (QED) is 0.166. The summed E-state index contributed by atoms with van der Waals surface area (Å²) in [5.74, 6) is 0.711. The van der Waals surface area contributed by atoms with Crippen LogP contribution in [-0.4, -0.2) is 25.2 Å². The molecule has 38 heavy (non-hydrogen) atoms. The summed E-state index contributed by atoms with van der Waals surface area (Å²) >= 11 is 0. The summed E-state index contributed by atoms with van der Waals surface area (Å²) in [6, 6.07) is 19.4. The van der Waals surface area contributed by atoms with Crippen LogP contribution in [0.1, 0.15) is 25.8 Å². The molecule has 4 aromatic carbocycles. The van der Waals surface area contributed by atoms with E-state index in [0.29, 0.717) is 48.0 Å². The molecule has 0 aromatic heterocycles. The highest BCUT2D eigenvalue weighted by atomic mass is 16.5. The maximum absolute atomic E-state index is 12.4. The second kappa shape index (κ2) is 10.4. The minimum atomic E-state index is -0.499. The lowest BCUT2D eigenvalue weighted by atomic mass is 9.90. The zero-order chi connectivity index (χ0) is 26.8. The van der Waals surface area contributed by atoms with Crippen molar-refractivity contribution in [2.45, 2.75) is 26.9 Å². The van der Waals surface area contributed by atoms with Gasteiger partial charge in [-0.2, -0.15) is 0 Å². The minimum Gasteiger partial charge on any atom is -0.493 e. The molecule has 0 radical (unpaired) electrons. The zero-order valence-electron chi connectivity index (χ0n) is 21.5. The minimum absolute atomic E-state index is 0.0861.